The summed E-state index contributed by atoms with van der Waals surface area (Å²) < 4.78 is 11.4. The number of nitrogens with zero attached hydrogens (tertiary/aromatic N) is 2. The fraction of sp³-hybridized carbons (Fsp3) is 0.179. The number of anilines is 2. The molecule has 7 nitrogen and oxygen atoms in total. The second kappa shape index (κ2) is 10.6. The van der Waals surface area contributed by atoms with Crippen LogP contribution in [0.3, 0.4) is 0 Å². The van der Waals surface area contributed by atoms with E-state index in [2.05, 4.69) is 5.32 Å². The van der Waals surface area contributed by atoms with Gasteiger partial charge in [-0.3, -0.25) is 9.59 Å². The Bertz CT molecular complexity index is 1310. The van der Waals surface area contributed by atoms with Gasteiger partial charge in [0.15, 0.2) is 0 Å². The average Bonchev–Trinajstić information content (AvgIpc) is 3.13. The van der Waals surface area contributed by atoms with Crippen LogP contribution in [0, 0.1) is 11.3 Å². The number of nitrogens with one attached hydrogen (secondary N) is 1. The Balaban J connectivity index is 1.77. The number of para-hydroxylation sites is 2. The van der Waals surface area contributed by atoms with Crippen LogP contribution in [0.15, 0.2) is 78.5 Å². The molecule has 0 aromatic heterocycles. The van der Waals surface area contributed by atoms with Gasteiger partial charge in [-0.05, 0) is 67.4 Å². The van der Waals surface area contributed by atoms with E-state index in [0.717, 1.165) is 11.3 Å². The molecular weight excluding hydrogens is 442 g/mol. The molecule has 0 aliphatic carbocycles. The Kier molecular flexibility index (Phi) is 7.12. The summed E-state index contributed by atoms with van der Waals surface area (Å²) in [4.78, 5) is 28.3. The monoisotopic (exact) mass is 467 g/mol. The molecule has 0 saturated heterocycles. The minimum absolute atomic E-state index is 0.147. The number of imide groups is 1. The van der Waals surface area contributed by atoms with Crippen molar-refractivity contribution in [3.8, 4) is 17.6 Å². The van der Waals surface area contributed by atoms with E-state index in [1.165, 1.54) is 0 Å². The summed E-state index contributed by atoms with van der Waals surface area (Å²) in [5, 5.41) is 12.3. The van der Waals surface area contributed by atoms with Crippen LogP contribution < -0.4 is 19.7 Å². The van der Waals surface area contributed by atoms with E-state index in [0.29, 0.717) is 47.2 Å². The number of carbonyl (C=O) groups excluding carboxylic acids is 2. The number of ether oxygens (including phenoxy) is 2. The largest absolute Gasteiger partial charge is 0.494 e. The van der Waals surface area contributed by atoms with Crippen molar-refractivity contribution in [2.24, 2.45) is 0 Å². The molecule has 0 atom stereocenters. The first kappa shape index (κ1) is 23.6. The number of benzene rings is 3. The predicted octanol–water partition coefficient (Wildman–Crippen LogP) is 5.14. The van der Waals surface area contributed by atoms with E-state index in [9.17, 15) is 9.59 Å². The maximum Gasteiger partial charge on any atom is 0.282 e. The summed E-state index contributed by atoms with van der Waals surface area (Å²) in [6.45, 7) is 4.94. The quantitative estimate of drug-likeness (QED) is 0.438. The zero-order chi connectivity index (χ0) is 24.8. The first-order valence-corrected chi connectivity index (χ1v) is 11.4. The molecule has 0 fully saturated rings. The van der Waals surface area contributed by atoms with E-state index in [-0.39, 0.29) is 11.3 Å². The topological polar surface area (TPSA) is 91.7 Å². The van der Waals surface area contributed by atoms with Crippen molar-refractivity contribution in [2.75, 3.05) is 23.4 Å². The first-order chi connectivity index (χ1) is 17.1. The van der Waals surface area contributed by atoms with Crippen LogP contribution in [0.5, 0.6) is 11.5 Å². The van der Waals surface area contributed by atoms with Gasteiger partial charge < -0.3 is 14.8 Å². The van der Waals surface area contributed by atoms with Crippen molar-refractivity contribution < 1.29 is 19.1 Å². The van der Waals surface area contributed by atoms with E-state index in [1.807, 2.05) is 32.0 Å². The minimum Gasteiger partial charge on any atom is -0.494 e. The standard InChI is InChI=1S/C28H25N3O4/c1-3-17-35-22-15-11-20(12-16-22)25-26(30-23-7-5-6-8-24(23)34-4-2)28(33)31(27(25)32)21-13-9-19(18-29)10-14-21/h5-16,30H,3-4,17H2,1-2H3. The van der Waals surface area contributed by atoms with Gasteiger partial charge >= 0.3 is 0 Å². The van der Waals surface area contributed by atoms with Crippen LogP contribution in [-0.2, 0) is 9.59 Å². The Morgan fingerprint density at radius 1 is 0.886 bits per heavy atom. The predicted molar refractivity (Wildman–Crippen MR) is 134 cm³/mol. The summed E-state index contributed by atoms with van der Waals surface area (Å²) in [6.07, 6.45) is 0.882. The van der Waals surface area contributed by atoms with Crippen LogP contribution >= 0.6 is 0 Å². The molecule has 7 heteroatoms. The van der Waals surface area contributed by atoms with Crippen LogP contribution in [0.25, 0.3) is 5.57 Å². The number of nitriles is 1. The van der Waals surface area contributed by atoms with Crippen LogP contribution in [0.2, 0.25) is 0 Å². The van der Waals surface area contributed by atoms with Gasteiger partial charge in [0.25, 0.3) is 11.8 Å². The van der Waals surface area contributed by atoms with Gasteiger partial charge in [-0.1, -0.05) is 31.2 Å². The molecule has 0 bridgehead atoms. The van der Waals surface area contributed by atoms with Gasteiger partial charge in [-0.2, -0.15) is 5.26 Å². The molecule has 2 amide bonds. The highest BCUT2D eigenvalue weighted by atomic mass is 16.5. The van der Waals surface area contributed by atoms with Crippen LogP contribution in [0.1, 0.15) is 31.4 Å². The molecule has 3 aromatic rings. The highest BCUT2D eigenvalue weighted by Gasteiger charge is 2.40. The molecule has 3 aromatic carbocycles. The zero-order valence-corrected chi connectivity index (χ0v) is 19.6. The molecule has 4 rings (SSSR count). The summed E-state index contributed by atoms with van der Waals surface area (Å²) in [7, 11) is 0. The third kappa shape index (κ3) is 4.87. The van der Waals surface area contributed by atoms with Crippen molar-refractivity contribution in [3.05, 3.63) is 89.6 Å². The summed E-state index contributed by atoms with van der Waals surface area (Å²) >= 11 is 0. The fourth-order valence-corrected chi connectivity index (χ4v) is 3.76. The molecule has 1 aliphatic heterocycles. The summed E-state index contributed by atoms with van der Waals surface area (Å²) in [5.41, 5.74) is 2.37. The van der Waals surface area contributed by atoms with Gasteiger partial charge in [-0.25, -0.2) is 4.90 Å². The average molecular weight is 468 g/mol. The number of hydrogen-bond donors (Lipinski definition) is 1. The molecule has 0 spiro atoms. The van der Waals surface area contributed by atoms with Gasteiger partial charge in [-0.15, -0.1) is 0 Å². The fourth-order valence-electron chi connectivity index (χ4n) is 3.76. The normalized spacial score (nSPS) is 13.1. The third-order valence-corrected chi connectivity index (χ3v) is 5.40. The maximum absolute atomic E-state index is 13.6. The van der Waals surface area contributed by atoms with Crippen molar-refractivity contribution in [1.29, 1.82) is 5.26 Å². The number of hydrogen-bond acceptors (Lipinski definition) is 6. The lowest BCUT2D eigenvalue weighted by Gasteiger charge is -2.16. The second-order valence-electron chi connectivity index (χ2n) is 7.78. The SMILES string of the molecule is CCCOc1ccc(C2=C(Nc3ccccc3OCC)C(=O)N(c3ccc(C#N)cc3)C2=O)cc1. The highest BCUT2D eigenvalue weighted by Crippen LogP contribution is 2.36. The first-order valence-electron chi connectivity index (χ1n) is 11.4. The van der Waals surface area contributed by atoms with Crippen molar-refractivity contribution in [3.63, 3.8) is 0 Å². The molecule has 0 saturated carbocycles. The molecule has 0 unspecified atom stereocenters. The maximum atomic E-state index is 13.6. The minimum atomic E-state index is -0.493. The highest BCUT2D eigenvalue weighted by molar-refractivity contribution is 6.46. The Hall–Kier alpha value is -4.57. The molecule has 1 aliphatic rings. The lowest BCUT2D eigenvalue weighted by atomic mass is 10.0. The molecule has 35 heavy (non-hydrogen) atoms. The molecule has 176 valence electrons. The number of rotatable bonds is 9. The number of amides is 2. The van der Waals surface area contributed by atoms with Gasteiger partial charge in [0.1, 0.15) is 17.2 Å². The van der Waals surface area contributed by atoms with E-state index in [1.54, 1.807) is 60.7 Å². The lowest BCUT2D eigenvalue weighted by molar-refractivity contribution is -0.120. The third-order valence-electron chi connectivity index (χ3n) is 5.40. The summed E-state index contributed by atoms with van der Waals surface area (Å²) in [5.74, 6) is 0.306. The summed E-state index contributed by atoms with van der Waals surface area (Å²) in [6, 6.07) is 22.7. The Morgan fingerprint density at radius 2 is 1.60 bits per heavy atom. The van der Waals surface area contributed by atoms with E-state index in [4.69, 9.17) is 14.7 Å². The van der Waals surface area contributed by atoms with Crippen molar-refractivity contribution in [2.45, 2.75) is 20.3 Å². The van der Waals surface area contributed by atoms with E-state index < -0.39 is 11.8 Å². The lowest BCUT2D eigenvalue weighted by Crippen LogP contribution is -2.32. The van der Waals surface area contributed by atoms with Crippen LogP contribution in [-0.4, -0.2) is 25.0 Å². The second-order valence-corrected chi connectivity index (χ2v) is 7.78. The molecule has 1 heterocycles. The molecular formula is C28H25N3O4. The Labute approximate surface area is 204 Å². The van der Waals surface area contributed by atoms with Gasteiger partial charge in [0, 0.05) is 0 Å². The van der Waals surface area contributed by atoms with Gasteiger partial charge in [0.2, 0.25) is 0 Å². The van der Waals surface area contributed by atoms with Crippen LogP contribution in [0.4, 0.5) is 11.4 Å². The Morgan fingerprint density at radius 3 is 2.26 bits per heavy atom. The number of carbonyl (C=O) groups is 2. The molecule has 1 N–H and O–H groups in total. The van der Waals surface area contributed by atoms with Gasteiger partial charge in [0.05, 0.1) is 41.8 Å². The zero-order valence-electron chi connectivity index (χ0n) is 19.6. The van der Waals surface area contributed by atoms with Crippen molar-refractivity contribution in [1.82, 2.24) is 0 Å². The van der Waals surface area contributed by atoms with E-state index >= 15 is 0 Å². The van der Waals surface area contributed by atoms with Crippen molar-refractivity contribution >= 4 is 28.8 Å². The smallest absolute Gasteiger partial charge is 0.282 e. The molecule has 0 radical (unpaired) electrons.